The van der Waals surface area contributed by atoms with Crippen LogP contribution < -0.4 is 5.32 Å². The Bertz CT molecular complexity index is 973. The van der Waals surface area contributed by atoms with Crippen LogP contribution >= 0.6 is 0 Å². The van der Waals surface area contributed by atoms with E-state index in [0.29, 0.717) is 30.2 Å². The van der Waals surface area contributed by atoms with E-state index in [9.17, 15) is 4.79 Å². The fourth-order valence-electron chi connectivity index (χ4n) is 2.66. The van der Waals surface area contributed by atoms with Crippen LogP contribution in [0.3, 0.4) is 0 Å². The highest BCUT2D eigenvalue weighted by Gasteiger charge is 2.18. The van der Waals surface area contributed by atoms with E-state index in [2.05, 4.69) is 15.4 Å². The van der Waals surface area contributed by atoms with Gasteiger partial charge in [0.15, 0.2) is 5.76 Å². The molecule has 130 valence electrons. The standard InChI is InChI=1S/C19H17N5O2/c25-19(21-9-11-23-10-8-20-14-23)17-13-16(18-7-4-12-26-18)22-24(17)15-5-2-1-3-6-15/h1-8,10,12-14H,9,11H2,(H,21,25). The summed E-state index contributed by atoms with van der Waals surface area (Å²) < 4.78 is 8.95. The Hall–Kier alpha value is -3.61. The van der Waals surface area contributed by atoms with Gasteiger partial charge in [-0.3, -0.25) is 4.79 Å². The van der Waals surface area contributed by atoms with Crippen LogP contribution in [-0.2, 0) is 6.54 Å². The van der Waals surface area contributed by atoms with E-state index in [-0.39, 0.29) is 5.91 Å². The van der Waals surface area contributed by atoms with Gasteiger partial charge in [0.1, 0.15) is 11.4 Å². The molecule has 0 atom stereocenters. The first-order valence-corrected chi connectivity index (χ1v) is 8.24. The lowest BCUT2D eigenvalue weighted by Crippen LogP contribution is -2.28. The van der Waals surface area contributed by atoms with Crippen LogP contribution in [0.4, 0.5) is 0 Å². The van der Waals surface area contributed by atoms with Crippen LogP contribution in [0.5, 0.6) is 0 Å². The second-order valence-electron chi connectivity index (χ2n) is 5.70. The van der Waals surface area contributed by atoms with Crippen LogP contribution in [0.15, 0.2) is 77.9 Å². The Balaban J connectivity index is 1.59. The maximum absolute atomic E-state index is 12.7. The maximum atomic E-state index is 12.7. The zero-order chi connectivity index (χ0) is 17.8. The van der Waals surface area contributed by atoms with Crippen molar-refractivity contribution in [3.8, 4) is 17.1 Å². The smallest absolute Gasteiger partial charge is 0.270 e. The molecule has 4 rings (SSSR count). The van der Waals surface area contributed by atoms with Crippen molar-refractivity contribution in [3.05, 3.63) is 79.2 Å². The van der Waals surface area contributed by atoms with Gasteiger partial charge in [-0.15, -0.1) is 0 Å². The molecule has 0 spiro atoms. The Morgan fingerprint density at radius 1 is 1.15 bits per heavy atom. The van der Waals surface area contributed by atoms with Gasteiger partial charge in [-0.05, 0) is 24.3 Å². The SMILES string of the molecule is O=C(NCCn1ccnc1)c1cc(-c2ccco2)nn1-c1ccccc1. The molecule has 1 aromatic carbocycles. The second-order valence-corrected chi connectivity index (χ2v) is 5.70. The third-order valence-electron chi connectivity index (χ3n) is 3.93. The van der Waals surface area contributed by atoms with Crippen molar-refractivity contribution in [2.24, 2.45) is 0 Å². The number of carbonyl (C=O) groups is 1. The normalized spacial score (nSPS) is 10.8. The van der Waals surface area contributed by atoms with E-state index in [1.165, 1.54) is 0 Å². The van der Waals surface area contributed by atoms with Crippen LogP contribution in [0, 0.1) is 0 Å². The highest BCUT2D eigenvalue weighted by molar-refractivity contribution is 5.94. The number of hydrogen-bond acceptors (Lipinski definition) is 4. The molecule has 3 heterocycles. The third-order valence-corrected chi connectivity index (χ3v) is 3.93. The molecule has 0 bridgehead atoms. The van der Waals surface area contributed by atoms with Crippen molar-refractivity contribution in [2.75, 3.05) is 6.54 Å². The zero-order valence-corrected chi connectivity index (χ0v) is 13.9. The number of nitrogens with one attached hydrogen (secondary N) is 1. The number of furan rings is 1. The van der Waals surface area contributed by atoms with E-state index >= 15 is 0 Å². The number of imidazole rings is 1. The van der Waals surface area contributed by atoms with Gasteiger partial charge in [0.05, 0.1) is 18.3 Å². The average Bonchev–Trinajstić information content (AvgIpc) is 3.42. The van der Waals surface area contributed by atoms with Gasteiger partial charge in [-0.2, -0.15) is 5.10 Å². The lowest BCUT2D eigenvalue weighted by atomic mass is 10.2. The Morgan fingerprint density at radius 2 is 2.04 bits per heavy atom. The number of para-hydroxylation sites is 1. The number of rotatable bonds is 6. The molecule has 7 nitrogen and oxygen atoms in total. The van der Waals surface area contributed by atoms with Gasteiger partial charge in [-0.25, -0.2) is 9.67 Å². The molecule has 4 aromatic rings. The second kappa shape index (κ2) is 7.10. The average molecular weight is 347 g/mol. The van der Waals surface area contributed by atoms with Gasteiger partial charge < -0.3 is 14.3 Å². The van der Waals surface area contributed by atoms with Crippen molar-refractivity contribution in [1.29, 1.82) is 0 Å². The van der Waals surface area contributed by atoms with E-state index < -0.39 is 0 Å². The fraction of sp³-hybridized carbons (Fsp3) is 0.105. The number of hydrogen-bond donors (Lipinski definition) is 1. The fourth-order valence-corrected chi connectivity index (χ4v) is 2.66. The van der Waals surface area contributed by atoms with Crippen LogP contribution in [0.2, 0.25) is 0 Å². The molecule has 1 N–H and O–H groups in total. The predicted octanol–water partition coefficient (Wildman–Crippen LogP) is 2.76. The van der Waals surface area contributed by atoms with Crippen LogP contribution in [0.1, 0.15) is 10.5 Å². The van der Waals surface area contributed by atoms with E-state index in [1.54, 1.807) is 35.6 Å². The first-order valence-electron chi connectivity index (χ1n) is 8.24. The molecule has 0 saturated carbocycles. The predicted molar refractivity (Wildman–Crippen MR) is 95.8 cm³/mol. The number of amides is 1. The lowest BCUT2D eigenvalue weighted by Gasteiger charge is -2.08. The highest BCUT2D eigenvalue weighted by Crippen LogP contribution is 2.22. The zero-order valence-electron chi connectivity index (χ0n) is 13.9. The molecular weight excluding hydrogens is 330 g/mol. The molecule has 26 heavy (non-hydrogen) atoms. The molecule has 0 unspecified atom stereocenters. The molecule has 0 fully saturated rings. The Kier molecular flexibility index (Phi) is 4.34. The molecular formula is C19H17N5O2. The van der Waals surface area contributed by atoms with Gasteiger partial charge >= 0.3 is 0 Å². The number of benzene rings is 1. The van der Waals surface area contributed by atoms with Gasteiger partial charge in [0.2, 0.25) is 0 Å². The largest absolute Gasteiger partial charge is 0.463 e. The number of nitrogens with zero attached hydrogens (tertiary/aromatic N) is 4. The van der Waals surface area contributed by atoms with Crippen LogP contribution in [0.25, 0.3) is 17.1 Å². The first-order chi connectivity index (χ1) is 12.8. The minimum Gasteiger partial charge on any atom is -0.463 e. The lowest BCUT2D eigenvalue weighted by molar-refractivity contribution is 0.0944. The molecule has 0 aliphatic carbocycles. The summed E-state index contributed by atoms with van der Waals surface area (Å²) in [6.45, 7) is 1.14. The van der Waals surface area contributed by atoms with Crippen molar-refractivity contribution >= 4 is 5.91 Å². The molecule has 0 aliphatic heterocycles. The minimum absolute atomic E-state index is 0.195. The molecule has 0 aliphatic rings. The Labute approximate surface area is 149 Å². The number of aromatic nitrogens is 4. The first kappa shape index (κ1) is 15.9. The molecule has 7 heteroatoms. The summed E-state index contributed by atoms with van der Waals surface area (Å²) in [5, 5.41) is 7.48. The molecule has 3 aromatic heterocycles. The summed E-state index contributed by atoms with van der Waals surface area (Å²) in [5.41, 5.74) is 1.87. The van der Waals surface area contributed by atoms with E-state index in [4.69, 9.17) is 4.42 Å². The van der Waals surface area contributed by atoms with Crippen molar-refractivity contribution in [1.82, 2.24) is 24.6 Å². The summed E-state index contributed by atoms with van der Waals surface area (Å²) in [7, 11) is 0. The number of carbonyl (C=O) groups excluding carboxylic acids is 1. The summed E-state index contributed by atoms with van der Waals surface area (Å²) in [6.07, 6.45) is 6.87. The molecule has 0 radical (unpaired) electrons. The topological polar surface area (TPSA) is 77.9 Å². The third kappa shape index (κ3) is 3.27. The quantitative estimate of drug-likeness (QED) is 0.582. The van der Waals surface area contributed by atoms with Gasteiger partial charge in [-0.1, -0.05) is 18.2 Å². The van der Waals surface area contributed by atoms with E-state index in [0.717, 1.165) is 5.69 Å². The van der Waals surface area contributed by atoms with Crippen molar-refractivity contribution in [3.63, 3.8) is 0 Å². The van der Waals surface area contributed by atoms with E-state index in [1.807, 2.05) is 47.2 Å². The highest BCUT2D eigenvalue weighted by atomic mass is 16.3. The van der Waals surface area contributed by atoms with Crippen molar-refractivity contribution in [2.45, 2.75) is 6.54 Å². The summed E-state index contributed by atoms with van der Waals surface area (Å²) in [5.74, 6) is 0.423. The van der Waals surface area contributed by atoms with Crippen LogP contribution in [-0.4, -0.2) is 31.8 Å². The maximum Gasteiger partial charge on any atom is 0.270 e. The monoisotopic (exact) mass is 347 g/mol. The summed E-state index contributed by atoms with van der Waals surface area (Å²) in [6, 6.07) is 14.9. The molecule has 0 saturated heterocycles. The summed E-state index contributed by atoms with van der Waals surface area (Å²) >= 11 is 0. The Morgan fingerprint density at radius 3 is 2.77 bits per heavy atom. The summed E-state index contributed by atoms with van der Waals surface area (Å²) in [4.78, 5) is 16.7. The molecule has 1 amide bonds. The minimum atomic E-state index is -0.195. The van der Waals surface area contributed by atoms with Gasteiger partial charge in [0.25, 0.3) is 5.91 Å². The van der Waals surface area contributed by atoms with Gasteiger partial charge in [0, 0.05) is 31.5 Å². The van der Waals surface area contributed by atoms with Crippen molar-refractivity contribution < 1.29 is 9.21 Å².